The first-order chi connectivity index (χ1) is 12.1. The van der Waals surface area contributed by atoms with Crippen molar-refractivity contribution in [3.63, 3.8) is 0 Å². The first kappa shape index (κ1) is 15.5. The Morgan fingerprint density at radius 2 is 1.96 bits per heavy atom. The van der Waals surface area contributed by atoms with Gasteiger partial charge in [-0.05, 0) is 37.6 Å². The molecule has 1 aromatic carbocycles. The van der Waals surface area contributed by atoms with E-state index in [-0.39, 0.29) is 11.8 Å². The SMILES string of the molecule is Cc1ccc(N2CC(c3noc(-c4ccncc4)n3)CC2=O)c(C)c1. The zero-order valence-corrected chi connectivity index (χ0v) is 14.1. The lowest BCUT2D eigenvalue weighted by molar-refractivity contribution is -0.117. The van der Waals surface area contributed by atoms with Gasteiger partial charge in [0.1, 0.15) is 0 Å². The molecule has 0 saturated carbocycles. The molecule has 0 radical (unpaired) electrons. The van der Waals surface area contributed by atoms with Crippen LogP contribution in [0.3, 0.4) is 0 Å². The molecule has 1 fully saturated rings. The highest BCUT2D eigenvalue weighted by Gasteiger charge is 2.35. The van der Waals surface area contributed by atoms with Crippen molar-refractivity contribution in [3.05, 3.63) is 59.7 Å². The second-order valence-electron chi connectivity index (χ2n) is 6.39. The van der Waals surface area contributed by atoms with Crippen molar-refractivity contribution in [1.82, 2.24) is 15.1 Å². The Kier molecular flexibility index (Phi) is 3.80. The van der Waals surface area contributed by atoms with Gasteiger partial charge in [-0.3, -0.25) is 9.78 Å². The Morgan fingerprint density at radius 1 is 1.16 bits per heavy atom. The van der Waals surface area contributed by atoms with Crippen LogP contribution in [0.25, 0.3) is 11.5 Å². The van der Waals surface area contributed by atoms with E-state index in [1.165, 1.54) is 5.56 Å². The number of rotatable bonds is 3. The van der Waals surface area contributed by atoms with E-state index >= 15 is 0 Å². The topological polar surface area (TPSA) is 72.1 Å². The Labute approximate surface area is 145 Å². The maximum Gasteiger partial charge on any atom is 0.258 e. The maximum atomic E-state index is 12.5. The number of amides is 1. The second-order valence-corrected chi connectivity index (χ2v) is 6.39. The molecular formula is C19H18N4O2. The summed E-state index contributed by atoms with van der Waals surface area (Å²) in [5, 5.41) is 4.09. The standard InChI is InChI=1S/C19H18N4O2/c1-12-3-4-16(13(2)9-12)23-11-15(10-17(23)24)18-21-19(25-22-18)14-5-7-20-8-6-14/h3-9,15H,10-11H2,1-2H3. The van der Waals surface area contributed by atoms with E-state index in [0.29, 0.717) is 24.7 Å². The Bertz CT molecular complexity index is 920. The largest absolute Gasteiger partial charge is 0.334 e. The molecule has 3 aromatic rings. The summed E-state index contributed by atoms with van der Waals surface area (Å²) in [6.07, 6.45) is 3.75. The van der Waals surface area contributed by atoms with Crippen LogP contribution < -0.4 is 4.90 Å². The summed E-state index contributed by atoms with van der Waals surface area (Å²) in [4.78, 5) is 22.8. The summed E-state index contributed by atoms with van der Waals surface area (Å²) in [6.45, 7) is 4.64. The number of nitrogens with zero attached hydrogens (tertiary/aromatic N) is 4. The van der Waals surface area contributed by atoms with Crippen LogP contribution in [-0.2, 0) is 4.79 Å². The van der Waals surface area contributed by atoms with Crippen LogP contribution in [0.15, 0.2) is 47.2 Å². The van der Waals surface area contributed by atoms with E-state index in [1.54, 1.807) is 12.4 Å². The summed E-state index contributed by atoms with van der Waals surface area (Å²) >= 11 is 0. The molecule has 1 aliphatic rings. The van der Waals surface area contributed by atoms with Gasteiger partial charge < -0.3 is 9.42 Å². The number of carbonyl (C=O) groups is 1. The van der Waals surface area contributed by atoms with Crippen molar-refractivity contribution in [2.75, 3.05) is 11.4 Å². The summed E-state index contributed by atoms with van der Waals surface area (Å²) < 4.78 is 5.36. The van der Waals surface area contributed by atoms with Crippen molar-refractivity contribution >= 4 is 11.6 Å². The third-order valence-corrected chi connectivity index (χ3v) is 4.50. The normalized spacial score (nSPS) is 17.3. The van der Waals surface area contributed by atoms with E-state index in [4.69, 9.17) is 4.52 Å². The van der Waals surface area contributed by atoms with E-state index in [1.807, 2.05) is 43.0 Å². The fourth-order valence-corrected chi connectivity index (χ4v) is 3.23. The van der Waals surface area contributed by atoms with Crippen molar-refractivity contribution in [3.8, 4) is 11.5 Å². The van der Waals surface area contributed by atoms with Crippen LogP contribution in [0, 0.1) is 13.8 Å². The number of benzene rings is 1. The lowest BCUT2D eigenvalue weighted by Gasteiger charge is -2.19. The minimum Gasteiger partial charge on any atom is -0.334 e. The summed E-state index contributed by atoms with van der Waals surface area (Å²) in [5.41, 5.74) is 4.06. The van der Waals surface area contributed by atoms with Gasteiger partial charge in [-0.25, -0.2) is 0 Å². The van der Waals surface area contributed by atoms with Crippen LogP contribution in [0.1, 0.15) is 29.3 Å². The van der Waals surface area contributed by atoms with Gasteiger partial charge >= 0.3 is 0 Å². The number of anilines is 1. The zero-order chi connectivity index (χ0) is 17.4. The molecule has 1 unspecified atom stereocenters. The number of pyridine rings is 1. The molecule has 25 heavy (non-hydrogen) atoms. The summed E-state index contributed by atoms with van der Waals surface area (Å²) in [6, 6.07) is 9.76. The molecule has 2 aromatic heterocycles. The molecule has 3 heterocycles. The van der Waals surface area contributed by atoms with Crippen molar-refractivity contribution < 1.29 is 9.32 Å². The van der Waals surface area contributed by atoms with E-state index < -0.39 is 0 Å². The maximum absolute atomic E-state index is 12.5. The molecule has 1 saturated heterocycles. The third-order valence-electron chi connectivity index (χ3n) is 4.50. The third kappa shape index (κ3) is 2.91. The van der Waals surface area contributed by atoms with Crippen LogP contribution in [0.2, 0.25) is 0 Å². The van der Waals surface area contributed by atoms with Gasteiger partial charge in [-0.2, -0.15) is 4.98 Å². The smallest absolute Gasteiger partial charge is 0.258 e. The molecule has 6 heteroatoms. The van der Waals surface area contributed by atoms with Gasteiger partial charge in [0.2, 0.25) is 5.91 Å². The van der Waals surface area contributed by atoms with Crippen molar-refractivity contribution in [2.45, 2.75) is 26.2 Å². The molecule has 0 N–H and O–H groups in total. The number of aromatic nitrogens is 3. The van der Waals surface area contributed by atoms with Crippen LogP contribution in [0.4, 0.5) is 5.69 Å². The first-order valence-electron chi connectivity index (χ1n) is 8.23. The van der Waals surface area contributed by atoms with Gasteiger partial charge in [-0.15, -0.1) is 0 Å². The number of hydrogen-bond acceptors (Lipinski definition) is 5. The number of aryl methyl sites for hydroxylation is 2. The Balaban J connectivity index is 1.57. The molecular weight excluding hydrogens is 316 g/mol. The zero-order valence-electron chi connectivity index (χ0n) is 14.1. The fourth-order valence-electron chi connectivity index (χ4n) is 3.23. The highest BCUT2D eigenvalue weighted by atomic mass is 16.5. The lowest BCUT2D eigenvalue weighted by Crippen LogP contribution is -2.25. The minimum absolute atomic E-state index is 0.0625. The molecule has 1 aliphatic heterocycles. The summed E-state index contributed by atoms with van der Waals surface area (Å²) in [7, 11) is 0. The average Bonchev–Trinajstić information content (AvgIpc) is 3.23. The van der Waals surface area contributed by atoms with Gasteiger partial charge in [0, 0.05) is 42.5 Å². The number of hydrogen-bond donors (Lipinski definition) is 0. The summed E-state index contributed by atoms with van der Waals surface area (Å²) in [5.74, 6) is 1.06. The molecule has 4 rings (SSSR count). The molecule has 126 valence electrons. The van der Waals surface area contributed by atoms with Crippen LogP contribution in [-0.4, -0.2) is 27.6 Å². The minimum atomic E-state index is -0.0625. The van der Waals surface area contributed by atoms with Crippen LogP contribution >= 0.6 is 0 Å². The van der Waals surface area contributed by atoms with Gasteiger partial charge in [0.05, 0.1) is 0 Å². The van der Waals surface area contributed by atoms with Crippen LogP contribution in [0.5, 0.6) is 0 Å². The van der Waals surface area contributed by atoms with Crippen molar-refractivity contribution in [1.29, 1.82) is 0 Å². The van der Waals surface area contributed by atoms with Gasteiger partial charge in [-0.1, -0.05) is 22.9 Å². The molecule has 6 nitrogen and oxygen atoms in total. The highest BCUT2D eigenvalue weighted by Crippen LogP contribution is 2.33. The van der Waals surface area contributed by atoms with Crippen molar-refractivity contribution in [2.24, 2.45) is 0 Å². The average molecular weight is 334 g/mol. The predicted molar refractivity (Wildman–Crippen MR) is 93.2 cm³/mol. The fraction of sp³-hybridized carbons (Fsp3) is 0.263. The molecule has 1 amide bonds. The molecule has 0 aliphatic carbocycles. The lowest BCUT2D eigenvalue weighted by atomic mass is 10.1. The number of carbonyl (C=O) groups excluding carboxylic acids is 1. The molecule has 1 atom stereocenters. The highest BCUT2D eigenvalue weighted by molar-refractivity contribution is 5.97. The first-order valence-corrected chi connectivity index (χ1v) is 8.23. The van der Waals surface area contributed by atoms with Gasteiger partial charge in [0.25, 0.3) is 5.89 Å². The molecule has 0 bridgehead atoms. The van der Waals surface area contributed by atoms with E-state index in [0.717, 1.165) is 16.8 Å². The molecule has 0 spiro atoms. The second kappa shape index (κ2) is 6.12. The predicted octanol–water partition coefficient (Wildman–Crippen LogP) is 3.27. The van der Waals surface area contributed by atoms with E-state index in [9.17, 15) is 4.79 Å². The quantitative estimate of drug-likeness (QED) is 0.735. The van der Waals surface area contributed by atoms with Gasteiger partial charge in [0.15, 0.2) is 5.82 Å². The Hall–Kier alpha value is -3.02. The van der Waals surface area contributed by atoms with E-state index in [2.05, 4.69) is 21.2 Å². The monoisotopic (exact) mass is 334 g/mol. The Morgan fingerprint density at radius 3 is 2.72 bits per heavy atom.